The summed E-state index contributed by atoms with van der Waals surface area (Å²) in [5.41, 5.74) is 4.24. The van der Waals surface area contributed by atoms with E-state index in [-0.39, 0.29) is 5.91 Å². The van der Waals surface area contributed by atoms with Gasteiger partial charge in [-0.15, -0.1) is 0 Å². The number of hydrogen-bond donors (Lipinski definition) is 1. The minimum Gasteiger partial charge on any atom is -0.321 e. The Bertz CT molecular complexity index is 699. The summed E-state index contributed by atoms with van der Waals surface area (Å²) in [6, 6.07) is 11.1. The maximum Gasteiger partial charge on any atom is 0.274 e. The lowest BCUT2D eigenvalue weighted by Crippen LogP contribution is -2.13. The molecule has 0 aliphatic heterocycles. The standard InChI is InChI=1S/C16H13N3O/c17-9-11-4-7-15(18-10-11)16(20)19-14-6-5-12-2-1-3-13(12)8-14/h4-8,10H,1-3H2,(H,19,20). The van der Waals surface area contributed by atoms with E-state index in [2.05, 4.69) is 16.4 Å². The quantitative estimate of drug-likeness (QED) is 0.905. The van der Waals surface area contributed by atoms with Crippen LogP contribution in [0.4, 0.5) is 5.69 Å². The van der Waals surface area contributed by atoms with Crippen LogP contribution in [0.25, 0.3) is 0 Å². The lowest BCUT2D eigenvalue weighted by molar-refractivity contribution is 0.102. The monoisotopic (exact) mass is 263 g/mol. The first-order valence-electron chi connectivity index (χ1n) is 6.55. The Hall–Kier alpha value is -2.67. The second kappa shape index (κ2) is 5.14. The molecule has 1 aliphatic rings. The molecule has 4 nitrogen and oxygen atoms in total. The summed E-state index contributed by atoms with van der Waals surface area (Å²) in [7, 11) is 0. The van der Waals surface area contributed by atoms with E-state index in [0.717, 1.165) is 18.5 Å². The Kier molecular flexibility index (Phi) is 3.18. The summed E-state index contributed by atoms with van der Waals surface area (Å²) in [6.45, 7) is 0. The Morgan fingerprint density at radius 1 is 1.20 bits per heavy atom. The van der Waals surface area contributed by atoms with Gasteiger partial charge in [-0.2, -0.15) is 5.26 Å². The van der Waals surface area contributed by atoms with Crippen molar-refractivity contribution in [3.8, 4) is 6.07 Å². The van der Waals surface area contributed by atoms with Gasteiger partial charge in [0.25, 0.3) is 5.91 Å². The molecule has 1 aromatic carbocycles. The van der Waals surface area contributed by atoms with E-state index >= 15 is 0 Å². The largest absolute Gasteiger partial charge is 0.321 e. The summed E-state index contributed by atoms with van der Waals surface area (Å²) in [4.78, 5) is 16.0. The predicted octanol–water partition coefficient (Wildman–Crippen LogP) is 2.69. The van der Waals surface area contributed by atoms with Crippen molar-refractivity contribution in [2.45, 2.75) is 19.3 Å². The van der Waals surface area contributed by atoms with Gasteiger partial charge in [0.05, 0.1) is 5.56 Å². The van der Waals surface area contributed by atoms with E-state index in [0.29, 0.717) is 11.3 Å². The van der Waals surface area contributed by atoms with Gasteiger partial charge in [-0.05, 0) is 54.7 Å². The van der Waals surface area contributed by atoms with Gasteiger partial charge in [0, 0.05) is 11.9 Å². The third kappa shape index (κ3) is 2.39. The Morgan fingerprint density at radius 2 is 2.05 bits per heavy atom. The van der Waals surface area contributed by atoms with Crippen molar-refractivity contribution in [1.29, 1.82) is 5.26 Å². The smallest absolute Gasteiger partial charge is 0.274 e. The first-order chi connectivity index (χ1) is 9.76. The Labute approximate surface area is 117 Å². The molecule has 20 heavy (non-hydrogen) atoms. The molecule has 0 atom stereocenters. The van der Waals surface area contributed by atoms with E-state index < -0.39 is 0 Å². The number of benzene rings is 1. The maximum absolute atomic E-state index is 12.1. The minimum atomic E-state index is -0.257. The zero-order valence-corrected chi connectivity index (χ0v) is 10.9. The number of rotatable bonds is 2. The normalized spacial score (nSPS) is 12.6. The number of hydrogen-bond acceptors (Lipinski definition) is 3. The molecular weight excluding hydrogens is 250 g/mol. The molecule has 0 spiro atoms. The van der Waals surface area contributed by atoms with Gasteiger partial charge in [0.1, 0.15) is 11.8 Å². The molecule has 3 rings (SSSR count). The van der Waals surface area contributed by atoms with Crippen LogP contribution in [0.15, 0.2) is 36.5 Å². The number of fused-ring (bicyclic) bond motifs is 1. The number of aryl methyl sites for hydroxylation is 2. The summed E-state index contributed by atoms with van der Waals surface area (Å²) in [6.07, 6.45) is 4.79. The van der Waals surface area contributed by atoms with Gasteiger partial charge < -0.3 is 5.32 Å². The lowest BCUT2D eigenvalue weighted by atomic mass is 10.1. The van der Waals surface area contributed by atoms with E-state index in [1.807, 2.05) is 18.2 Å². The average Bonchev–Trinajstić information content (AvgIpc) is 2.95. The Morgan fingerprint density at radius 3 is 2.80 bits per heavy atom. The van der Waals surface area contributed by atoms with Crippen molar-refractivity contribution in [2.24, 2.45) is 0 Å². The van der Waals surface area contributed by atoms with Crippen LogP contribution in [0.5, 0.6) is 0 Å². The van der Waals surface area contributed by atoms with Crippen molar-refractivity contribution in [3.63, 3.8) is 0 Å². The zero-order chi connectivity index (χ0) is 13.9. The number of nitrogens with one attached hydrogen (secondary N) is 1. The lowest BCUT2D eigenvalue weighted by Gasteiger charge is -2.07. The predicted molar refractivity (Wildman–Crippen MR) is 75.4 cm³/mol. The molecular formula is C16H13N3O. The maximum atomic E-state index is 12.1. The molecule has 1 N–H and O–H groups in total. The molecule has 0 fully saturated rings. The molecule has 0 saturated heterocycles. The third-order valence-electron chi connectivity index (χ3n) is 3.48. The highest BCUT2D eigenvalue weighted by Gasteiger charge is 2.13. The molecule has 2 aromatic rings. The molecule has 0 unspecified atom stereocenters. The summed E-state index contributed by atoms with van der Waals surface area (Å²) < 4.78 is 0. The number of pyridine rings is 1. The van der Waals surface area contributed by atoms with Crippen LogP contribution < -0.4 is 5.32 Å². The van der Waals surface area contributed by atoms with E-state index in [1.54, 1.807) is 12.1 Å². The van der Waals surface area contributed by atoms with Crippen LogP contribution >= 0.6 is 0 Å². The highest BCUT2D eigenvalue weighted by Crippen LogP contribution is 2.25. The third-order valence-corrected chi connectivity index (χ3v) is 3.48. The zero-order valence-electron chi connectivity index (χ0n) is 10.9. The molecule has 1 aliphatic carbocycles. The number of carbonyl (C=O) groups is 1. The molecule has 0 bridgehead atoms. The average molecular weight is 263 g/mol. The number of nitrogens with zero attached hydrogens (tertiary/aromatic N) is 2. The van der Waals surface area contributed by atoms with Gasteiger partial charge >= 0.3 is 0 Å². The number of amides is 1. The van der Waals surface area contributed by atoms with Gasteiger partial charge in [-0.1, -0.05) is 6.07 Å². The number of anilines is 1. The van der Waals surface area contributed by atoms with E-state index in [9.17, 15) is 4.79 Å². The van der Waals surface area contributed by atoms with Crippen LogP contribution in [0.3, 0.4) is 0 Å². The Balaban J connectivity index is 1.77. The first kappa shape index (κ1) is 12.4. The van der Waals surface area contributed by atoms with Crippen LogP contribution in [0.2, 0.25) is 0 Å². The minimum absolute atomic E-state index is 0.257. The number of carbonyl (C=O) groups excluding carboxylic acids is 1. The fourth-order valence-corrected chi connectivity index (χ4v) is 2.44. The number of nitriles is 1. The van der Waals surface area contributed by atoms with Crippen LogP contribution in [-0.4, -0.2) is 10.9 Å². The second-order valence-electron chi connectivity index (χ2n) is 4.84. The fourth-order valence-electron chi connectivity index (χ4n) is 2.44. The SMILES string of the molecule is N#Cc1ccc(C(=O)Nc2ccc3c(c2)CCC3)nc1. The molecule has 1 aromatic heterocycles. The second-order valence-corrected chi connectivity index (χ2v) is 4.84. The summed E-state index contributed by atoms with van der Waals surface area (Å²) in [5, 5.41) is 11.5. The summed E-state index contributed by atoms with van der Waals surface area (Å²) in [5.74, 6) is -0.257. The van der Waals surface area contributed by atoms with Crippen LogP contribution in [0.1, 0.15) is 33.6 Å². The van der Waals surface area contributed by atoms with Crippen molar-refractivity contribution < 1.29 is 4.79 Å². The van der Waals surface area contributed by atoms with Gasteiger partial charge in [0.15, 0.2) is 0 Å². The topological polar surface area (TPSA) is 65.8 Å². The highest BCUT2D eigenvalue weighted by molar-refractivity contribution is 6.02. The molecule has 1 amide bonds. The van der Waals surface area contributed by atoms with Crippen molar-refractivity contribution >= 4 is 11.6 Å². The highest BCUT2D eigenvalue weighted by atomic mass is 16.1. The van der Waals surface area contributed by atoms with Crippen molar-refractivity contribution in [1.82, 2.24) is 4.98 Å². The molecule has 0 radical (unpaired) electrons. The summed E-state index contributed by atoms with van der Waals surface area (Å²) >= 11 is 0. The van der Waals surface area contributed by atoms with Crippen LogP contribution in [0, 0.1) is 11.3 Å². The number of aromatic nitrogens is 1. The van der Waals surface area contributed by atoms with E-state index in [1.165, 1.54) is 23.7 Å². The van der Waals surface area contributed by atoms with Gasteiger partial charge in [-0.3, -0.25) is 4.79 Å². The van der Waals surface area contributed by atoms with Gasteiger partial charge in [0.2, 0.25) is 0 Å². The molecule has 98 valence electrons. The molecule has 4 heteroatoms. The molecule has 0 saturated carbocycles. The fraction of sp³-hybridized carbons (Fsp3) is 0.188. The van der Waals surface area contributed by atoms with Crippen molar-refractivity contribution in [3.05, 3.63) is 58.9 Å². The van der Waals surface area contributed by atoms with E-state index in [4.69, 9.17) is 5.26 Å². The van der Waals surface area contributed by atoms with Crippen molar-refractivity contribution in [2.75, 3.05) is 5.32 Å². The van der Waals surface area contributed by atoms with Gasteiger partial charge in [-0.25, -0.2) is 4.98 Å². The molecule has 1 heterocycles. The van der Waals surface area contributed by atoms with Crippen LogP contribution in [-0.2, 0) is 12.8 Å². The first-order valence-corrected chi connectivity index (χ1v) is 6.55.